The topological polar surface area (TPSA) is 38.3 Å². The van der Waals surface area contributed by atoms with Gasteiger partial charge in [-0.2, -0.15) is 0 Å². The molecule has 0 bridgehead atoms. The van der Waals surface area contributed by atoms with E-state index in [9.17, 15) is 4.79 Å². The molecule has 2 rings (SSSR count). The molecule has 1 N–H and O–H groups in total. The summed E-state index contributed by atoms with van der Waals surface area (Å²) in [6.45, 7) is 2.53. The summed E-state index contributed by atoms with van der Waals surface area (Å²) >= 11 is 19.7. The lowest BCUT2D eigenvalue weighted by Crippen LogP contribution is -2.14. The lowest BCUT2D eigenvalue weighted by atomic mass is 10.2. The van der Waals surface area contributed by atoms with Gasteiger partial charge >= 0.3 is 0 Å². The van der Waals surface area contributed by atoms with Crippen LogP contribution in [0, 0.1) is 0 Å². The first kappa shape index (κ1) is 19.3. The molecule has 1 amide bonds. The van der Waals surface area contributed by atoms with E-state index in [2.05, 4.69) is 5.32 Å². The van der Waals surface area contributed by atoms with Crippen LogP contribution in [0.2, 0.25) is 15.1 Å². The normalized spacial score (nSPS) is 10.5. The van der Waals surface area contributed by atoms with E-state index >= 15 is 0 Å². The molecule has 0 fully saturated rings. The highest BCUT2D eigenvalue weighted by Gasteiger charge is 2.11. The van der Waals surface area contributed by atoms with Crippen molar-refractivity contribution in [2.45, 2.75) is 12.7 Å². The number of benzene rings is 2. The monoisotopic (exact) mass is 403 g/mol. The van der Waals surface area contributed by atoms with E-state index in [4.69, 9.17) is 39.5 Å². The van der Waals surface area contributed by atoms with Crippen LogP contribution in [-0.4, -0.2) is 18.3 Å². The van der Waals surface area contributed by atoms with Gasteiger partial charge < -0.3 is 10.1 Å². The number of hydrogen-bond acceptors (Lipinski definition) is 3. The standard InChI is InChI=1S/C17H16Cl3NO2S/c1-2-23-12-5-3-11(4-6-12)21-16(22)10-24-9-13-14(18)7-8-15(19)17(13)20/h3-8H,2,9-10H2,1H3,(H,21,22). The Hall–Kier alpha value is -1.07. The SMILES string of the molecule is CCOc1ccc(NC(=O)CSCc2c(Cl)ccc(Cl)c2Cl)cc1. The van der Waals surface area contributed by atoms with Gasteiger partial charge in [0.1, 0.15) is 5.75 Å². The first-order valence-electron chi connectivity index (χ1n) is 7.24. The van der Waals surface area contributed by atoms with E-state index in [0.717, 1.165) is 17.0 Å². The summed E-state index contributed by atoms with van der Waals surface area (Å²) in [5.41, 5.74) is 1.47. The quantitative estimate of drug-likeness (QED) is 0.582. The van der Waals surface area contributed by atoms with Gasteiger partial charge in [0.05, 0.1) is 22.4 Å². The van der Waals surface area contributed by atoms with Crippen molar-refractivity contribution in [2.75, 3.05) is 17.7 Å². The van der Waals surface area contributed by atoms with Crippen LogP contribution in [0.4, 0.5) is 5.69 Å². The molecule has 0 heterocycles. The summed E-state index contributed by atoms with van der Waals surface area (Å²) in [5.74, 6) is 1.47. The molecule has 2 aromatic rings. The maximum absolute atomic E-state index is 12.0. The van der Waals surface area contributed by atoms with E-state index in [1.165, 1.54) is 11.8 Å². The van der Waals surface area contributed by atoms with E-state index in [1.54, 1.807) is 24.3 Å². The van der Waals surface area contributed by atoms with E-state index in [1.807, 2.05) is 19.1 Å². The number of nitrogens with one attached hydrogen (secondary N) is 1. The van der Waals surface area contributed by atoms with Gasteiger partial charge in [-0.05, 0) is 43.3 Å². The predicted molar refractivity (Wildman–Crippen MR) is 104 cm³/mol. The maximum Gasteiger partial charge on any atom is 0.234 e. The smallest absolute Gasteiger partial charge is 0.234 e. The van der Waals surface area contributed by atoms with Crippen molar-refractivity contribution in [3.05, 3.63) is 57.0 Å². The minimum Gasteiger partial charge on any atom is -0.494 e. The Morgan fingerprint density at radius 3 is 2.42 bits per heavy atom. The number of carbonyl (C=O) groups is 1. The first-order chi connectivity index (χ1) is 11.5. The molecule has 0 radical (unpaired) electrons. The molecular formula is C17H16Cl3NO2S. The highest BCUT2D eigenvalue weighted by atomic mass is 35.5. The molecule has 0 unspecified atom stereocenters. The van der Waals surface area contributed by atoms with E-state index in [-0.39, 0.29) is 11.7 Å². The van der Waals surface area contributed by atoms with Gasteiger partial charge in [-0.3, -0.25) is 4.79 Å². The summed E-state index contributed by atoms with van der Waals surface area (Å²) in [7, 11) is 0. The molecule has 0 aliphatic heterocycles. The molecular weight excluding hydrogens is 389 g/mol. The maximum atomic E-state index is 12.0. The third-order valence-electron chi connectivity index (χ3n) is 3.07. The van der Waals surface area contributed by atoms with Gasteiger partial charge in [-0.25, -0.2) is 0 Å². The molecule has 0 spiro atoms. The van der Waals surface area contributed by atoms with Gasteiger partial charge in [0, 0.05) is 22.0 Å². The Morgan fingerprint density at radius 2 is 1.75 bits per heavy atom. The largest absolute Gasteiger partial charge is 0.494 e. The Kier molecular flexibility index (Phi) is 7.56. The molecule has 0 saturated carbocycles. The third-order valence-corrected chi connectivity index (χ3v) is 5.22. The lowest BCUT2D eigenvalue weighted by molar-refractivity contribution is -0.113. The minimum absolute atomic E-state index is 0.0987. The number of anilines is 1. The zero-order valence-corrected chi connectivity index (χ0v) is 16.0. The van der Waals surface area contributed by atoms with Crippen LogP contribution in [0.3, 0.4) is 0 Å². The summed E-state index contributed by atoms with van der Waals surface area (Å²) in [5, 5.41) is 4.26. The molecule has 0 saturated heterocycles. The van der Waals surface area contributed by atoms with Crippen LogP contribution in [0.5, 0.6) is 5.75 Å². The van der Waals surface area contributed by atoms with Crippen LogP contribution < -0.4 is 10.1 Å². The van der Waals surface area contributed by atoms with Crippen molar-refractivity contribution in [2.24, 2.45) is 0 Å². The summed E-state index contributed by atoms with van der Waals surface area (Å²) in [6, 6.07) is 10.6. The molecule has 24 heavy (non-hydrogen) atoms. The highest BCUT2D eigenvalue weighted by Crippen LogP contribution is 2.33. The van der Waals surface area contributed by atoms with Crippen LogP contribution >= 0.6 is 46.6 Å². The number of rotatable bonds is 7. The van der Waals surface area contributed by atoms with Crippen LogP contribution in [-0.2, 0) is 10.5 Å². The summed E-state index contributed by atoms with van der Waals surface area (Å²) in [4.78, 5) is 12.0. The fourth-order valence-electron chi connectivity index (χ4n) is 1.95. The number of amides is 1. The highest BCUT2D eigenvalue weighted by molar-refractivity contribution is 7.99. The fourth-order valence-corrected chi connectivity index (χ4v) is 3.65. The molecule has 0 aromatic heterocycles. The average molecular weight is 405 g/mol. The first-order valence-corrected chi connectivity index (χ1v) is 9.53. The number of thioether (sulfide) groups is 1. The van der Waals surface area contributed by atoms with Crippen LogP contribution in [0.1, 0.15) is 12.5 Å². The van der Waals surface area contributed by atoms with Gasteiger partial charge in [0.2, 0.25) is 5.91 Å². The molecule has 0 atom stereocenters. The molecule has 3 nitrogen and oxygen atoms in total. The second-order valence-corrected chi connectivity index (χ2v) is 7.00. The lowest BCUT2D eigenvalue weighted by Gasteiger charge is -2.09. The van der Waals surface area contributed by atoms with Crippen LogP contribution in [0.25, 0.3) is 0 Å². The van der Waals surface area contributed by atoms with E-state index < -0.39 is 0 Å². The number of ether oxygens (including phenoxy) is 1. The predicted octanol–water partition coefficient (Wildman–Crippen LogP) is 5.92. The Bertz CT molecular complexity index is 708. The summed E-state index contributed by atoms with van der Waals surface area (Å²) in [6.07, 6.45) is 0. The van der Waals surface area contributed by atoms with Gasteiger partial charge in [-0.1, -0.05) is 34.8 Å². The number of hydrogen-bond donors (Lipinski definition) is 1. The van der Waals surface area contributed by atoms with Gasteiger partial charge in [0.15, 0.2) is 0 Å². The van der Waals surface area contributed by atoms with Gasteiger partial charge in [0.25, 0.3) is 0 Å². The Morgan fingerprint density at radius 1 is 1.08 bits per heavy atom. The Labute approximate surface area is 160 Å². The Balaban J connectivity index is 1.84. The summed E-state index contributed by atoms with van der Waals surface area (Å²) < 4.78 is 5.36. The minimum atomic E-state index is -0.0987. The van der Waals surface area contributed by atoms with Crippen molar-refractivity contribution < 1.29 is 9.53 Å². The third kappa shape index (κ3) is 5.49. The van der Waals surface area contributed by atoms with Crippen molar-refractivity contribution in [1.82, 2.24) is 0 Å². The molecule has 2 aromatic carbocycles. The van der Waals surface area contributed by atoms with Crippen molar-refractivity contribution in [1.29, 1.82) is 0 Å². The number of halogens is 3. The second kappa shape index (κ2) is 9.42. The second-order valence-electron chi connectivity index (χ2n) is 4.82. The van der Waals surface area contributed by atoms with Crippen molar-refractivity contribution in [3.8, 4) is 5.75 Å². The number of carbonyl (C=O) groups excluding carboxylic acids is 1. The molecule has 0 aliphatic rings. The van der Waals surface area contributed by atoms with Crippen LogP contribution in [0.15, 0.2) is 36.4 Å². The molecule has 128 valence electrons. The average Bonchev–Trinajstić information content (AvgIpc) is 2.56. The molecule has 7 heteroatoms. The fraction of sp³-hybridized carbons (Fsp3) is 0.235. The van der Waals surface area contributed by atoms with Crippen molar-refractivity contribution >= 4 is 58.2 Å². The zero-order valence-electron chi connectivity index (χ0n) is 12.9. The zero-order chi connectivity index (χ0) is 17.5. The molecule has 0 aliphatic carbocycles. The van der Waals surface area contributed by atoms with E-state index in [0.29, 0.717) is 27.4 Å². The van der Waals surface area contributed by atoms with Crippen molar-refractivity contribution in [3.63, 3.8) is 0 Å². The van der Waals surface area contributed by atoms with Gasteiger partial charge in [-0.15, -0.1) is 11.8 Å².